The van der Waals surface area contributed by atoms with Crippen LogP contribution in [0, 0.1) is 6.92 Å². The fraction of sp³-hybridized carbons (Fsp3) is 0.364. The Morgan fingerprint density at radius 2 is 1.80 bits per heavy atom. The number of carbonyl (C=O) groups excluding carboxylic acids is 2. The summed E-state index contributed by atoms with van der Waals surface area (Å²) in [5, 5.41) is 9.47. The standard InChI is InChI=1S/C33H34FN7O4/c1-3-38-18-22(33(44)45)15-21-16-25(34)27(17-26(21)38)39-13-11-37(12-14-39)19-28(42)41-29-20(2)8-10-36-31(29)40(23-6-7-23)30-24(32(41)43)5-4-9-35-30/h4-5,8-10,15-18,23,26H,3,6-7,11-14,19H2,1-2H3,(H,44,45). The number of piperazine rings is 1. The quantitative estimate of drug-likeness (QED) is 0.521. The molecule has 45 heavy (non-hydrogen) atoms. The van der Waals surface area contributed by atoms with Crippen LogP contribution >= 0.6 is 0 Å². The van der Waals surface area contributed by atoms with E-state index in [-0.39, 0.29) is 30.1 Å². The molecule has 0 aromatic carbocycles. The molecular formula is C33H34FN7O4. The number of aromatic nitrogens is 2. The van der Waals surface area contributed by atoms with Crippen LogP contribution in [0.5, 0.6) is 0 Å². The summed E-state index contributed by atoms with van der Waals surface area (Å²) in [6.07, 6.45) is 11.7. The van der Waals surface area contributed by atoms with Crippen molar-refractivity contribution in [2.24, 2.45) is 0 Å². The summed E-state index contributed by atoms with van der Waals surface area (Å²) in [6.45, 7) is 6.37. The molecule has 1 saturated carbocycles. The maximum atomic E-state index is 15.4. The third kappa shape index (κ3) is 5.08. The second-order valence-electron chi connectivity index (χ2n) is 11.9. The van der Waals surface area contributed by atoms with Gasteiger partial charge < -0.3 is 19.8 Å². The van der Waals surface area contributed by atoms with Gasteiger partial charge in [-0.25, -0.2) is 24.1 Å². The fourth-order valence-electron chi connectivity index (χ4n) is 6.57. The molecule has 0 radical (unpaired) electrons. The molecule has 11 nitrogen and oxygen atoms in total. The molecule has 1 saturated heterocycles. The first-order chi connectivity index (χ1) is 21.7. The number of pyridine rings is 2. The molecule has 0 spiro atoms. The molecule has 5 heterocycles. The van der Waals surface area contributed by atoms with E-state index in [1.165, 1.54) is 17.1 Å². The van der Waals surface area contributed by atoms with Crippen molar-refractivity contribution in [3.63, 3.8) is 0 Å². The van der Waals surface area contributed by atoms with Crippen LogP contribution in [0.1, 0.15) is 35.7 Å². The summed E-state index contributed by atoms with van der Waals surface area (Å²) in [5.41, 5.74) is 2.84. The zero-order valence-electron chi connectivity index (χ0n) is 25.2. The minimum atomic E-state index is -1.05. The molecule has 5 aliphatic rings. The summed E-state index contributed by atoms with van der Waals surface area (Å²) in [4.78, 5) is 57.9. The Bertz CT molecular complexity index is 1720. The SMILES string of the molecule is CCN1C=C(C(=O)O)C=C2C=C(F)C(N3CCN(CC(=O)N4C(=O)c5cccnc5N(C5CC5)c5nccc(C)c54)CC3)=CC21. The number of amides is 2. The minimum Gasteiger partial charge on any atom is -0.478 e. The average Bonchev–Trinajstić information content (AvgIpc) is 3.88. The van der Waals surface area contributed by atoms with Crippen LogP contribution < -0.4 is 9.80 Å². The first-order valence-electron chi connectivity index (χ1n) is 15.3. The molecule has 2 fully saturated rings. The van der Waals surface area contributed by atoms with Crippen molar-refractivity contribution in [2.75, 3.05) is 49.1 Å². The highest BCUT2D eigenvalue weighted by atomic mass is 19.1. The maximum absolute atomic E-state index is 15.4. The zero-order valence-corrected chi connectivity index (χ0v) is 25.2. The number of carboxylic acids is 1. The van der Waals surface area contributed by atoms with Gasteiger partial charge in [0.25, 0.3) is 5.91 Å². The van der Waals surface area contributed by atoms with E-state index in [1.807, 2.05) is 45.6 Å². The van der Waals surface area contributed by atoms with Gasteiger partial charge in [0, 0.05) is 57.4 Å². The number of aryl methyl sites for hydroxylation is 1. The molecule has 2 amide bonds. The number of anilines is 3. The van der Waals surface area contributed by atoms with E-state index in [0.717, 1.165) is 18.4 Å². The number of fused-ring (bicyclic) bond motifs is 3. The number of imide groups is 1. The van der Waals surface area contributed by atoms with E-state index in [4.69, 9.17) is 0 Å². The van der Waals surface area contributed by atoms with E-state index in [0.29, 0.717) is 66.9 Å². The van der Waals surface area contributed by atoms with Gasteiger partial charge in [0.1, 0.15) is 11.6 Å². The number of aliphatic carboxylic acids is 1. The number of nitrogens with zero attached hydrogens (tertiary/aromatic N) is 7. The molecule has 7 rings (SSSR count). The van der Waals surface area contributed by atoms with Crippen LogP contribution in [-0.4, -0.2) is 98.9 Å². The van der Waals surface area contributed by atoms with Gasteiger partial charge in [-0.15, -0.1) is 0 Å². The second kappa shape index (κ2) is 11.3. The Hall–Kier alpha value is -4.84. The average molecular weight is 612 g/mol. The van der Waals surface area contributed by atoms with Crippen LogP contribution in [0.25, 0.3) is 0 Å². The summed E-state index contributed by atoms with van der Waals surface area (Å²) in [7, 11) is 0. The predicted molar refractivity (Wildman–Crippen MR) is 165 cm³/mol. The predicted octanol–water partition coefficient (Wildman–Crippen LogP) is 3.54. The first-order valence-corrected chi connectivity index (χ1v) is 15.3. The molecular weight excluding hydrogens is 577 g/mol. The molecule has 2 aromatic rings. The number of rotatable bonds is 6. The van der Waals surface area contributed by atoms with Crippen molar-refractivity contribution in [3.8, 4) is 0 Å². The Labute approximate surface area is 260 Å². The molecule has 2 aliphatic carbocycles. The van der Waals surface area contributed by atoms with Crippen molar-refractivity contribution < 1.29 is 23.9 Å². The Balaban J connectivity index is 1.09. The van der Waals surface area contributed by atoms with Gasteiger partial charge in [-0.2, -0.15) is 0 Å². The van der Waals surface area contributed by atoms with Crippen LogP contribution in [0.3, 0.4) is 0 Å². The number of halogens is 1. The lowest BCUT2D eigenvalue weighted by Crippen LogP contribution is -2.51. The third-order valence-corrected chi connectivity index (χ3v) is 9.03. The van der Waals surface area contributed by atoms with Gasteiger partial charge in [0.05, 0.1) is 35.1 Å². The Morgan fingerprint density at radius 3 is 2.51 bits per heavy atom. The molecule has 1 N–H and O–H groups in total. The second-order valence-corrected chi connectivity index (χ2v) is 11.9. The van der Waals surface area contributed by atoms with E-state index in [9.17, 15) is 19.5 Å². The number of hydrogen-bond donors (Lipinski definition) is 1. The van der Waals surface area contributed by atoms with E-state index in [1.54, 1.807) is 30.7 Å². The normalized spacial score (nSPS) is 21.6. The molecule has 12 heteroatoms. The van der Waals surface area contributed by atoms with Crippen molar-refractivity contribution in [1.82, 2.24) is 24.7 Å². The number of carboxylic acid groups (broad SMARTS) is 1. The van der Waals surface area contributed by atoms with Gasteiger partial charge in [-0.05, 0) is 74.3 Å². The van der Waals surface area contributed by atoms with Gasteiger partial charge in [0.15, 0.2) is 5.82 Å². The number of allylic oxidation sites excluding steroid dienone is 1. The summed E-state index contributed by atoms with van der Waals surface area (Å²) in [6, 6.07) is 5.15. The maximum Gasteiger partial charge on any atom is 0.337 e. The van der Waals surface area contributed by atoms with Crippen LogP contribution in [-0.2, 0) is 9.59 Å². The lowest BCUT2D eigenvalue weighted by atomic mass is 9.92. The lowest BCUT2D eigenvalue weighted by Gasteiger charge is -2.40. The molecule has 3 aliphatic heterocycles. The Morgan fingerprint density at radius 1 is 1.04 bits per heavy atom. The summed E-state index contributed by atoms with van der Waals surface area (Å²) >= 11 is 0. The number of carbonyl (C=O) groups is 3. The monoisotopic (exact) mass is 611 g/mol. The van der Waals surface area contributed by atoms with E-state index < -0.39 is 17.7 Å². The molecule has 1 atom stereocenters. The van der Waals surface area contributed by atoms with Gasteiger partial charge >= 0.3 is 5.97 Å². The van der Waals surface area contributed by atoms with Crippen LogP contribution in [0.15, 0.2) is 77.7 Å². The number of likely N-dealkylation sites (N-methyl/N-ethyl adjacent to an activating group) is 1. The zero-order chi connectivity index (χ0) is 31.4. The van der Waals surface area contributed by atoms with Crippen LogP contribution in [0.4, 0.5) is 21.7 Å². The molecule has 232 valence electrons. The van der Waals surface area contributed by atoms with Crippen LogP contribution in [0.2, 0.25) is 0 Å². The topological polar surface area (TPSA) is 113 Å². The highest BCUT2D eigenvalue weighted by Gasteiger charge is 2.43. The van der Waals surface area contributed by atoms with Gasteiger partial charge in [-0.1, -0.05) is 0 Å². The largest absolute Gasteiger partial charge is 0.478 e. The van der Waals surface area contributed by atoms with E-state index >= 15 is 4.39 Å². The summed E-state index contributed by atoms with van der Waals surface area (Å²) < 4.78 is 15.4. The Kier molecular flexibility index (Phi) is 7.23. The third-order valence-electron chi connectivity index (χ3n) is 9.03. The lowest BCUT2D eigenvalue weighted by molar-refractivity contribution is -0.132. The van der Waals surface area contributed by atoms with Gasteiger partial charge in [-0.3, -0.25) is 14.5 Å². The summed E-state index contributed by atoms with van der Waals surface area (Å²) in [5.74, 6) is -1.14. The number of hydrogen-bond acceptors (Lipinski definition) is 9. The fourth-order valence-corrected chi connectivity index (χ4v) is 6.57. The van der Waals surface area contributed by atoms with Crippen molar-refractivity contribution >= 4 is 35.1 Å². The van der Waals surface area contributed by atoms with Crippen molar-refractivity contribution in [2.45, 2.75) is 38.8 Å². The van der Waals surface area contributed by atoms with Crippen molar-refractivity contribution in [3.05, 3.63) is 88.8 Å². The van der Waals surface area contributed by atoms with Crippen molar-refractivity contribution in [1.29, 1.82) is 0 Å². The highest BCUT2D eigenvalue weighted by Crippen LogP contribution is 2.46. The molecule has 1 unspecified atom stereocenters. The minimum absolute atomic E-state index is 0.0195. The molecule has 2 aromatic heterocycles. The van der Waals surface area contributed by atoms with E-state index in [2.05, 4.69) is 9.97 Å². The molecule has 0 bridgehead atoms. The smallest absolute Gasteiger partial charge is 0.337 e. The first kappa shape index (κ1) is 28.9. The highest BCUT2D eigenvalue weighted by molar-refractivity contribution is 6.26. The van der Waals surface area contributed by atoms with Gasteiger partial charge in [0.2, 0.25) is 5.91 Å².